The number of carbonyl (C=O) groups excluding carboxylic acids is 1. The molecule has 0 radical (unpaired) electrons. The lowest BCUT2D eigenvalue weighted by atomic mass is 10.1. The van der Waals surface area contributed by atoms with Crippen molar-refractivity contribution in [3.8, 4) is 0 Å². The summed E-state index contributed by atoms with van der Waals surface area (Å²) in [6.07, 6.45) is 8.55. The number of benzene rings is 1. The van der Waals surface area contributed by atoms with Crippen molar-refractivity contribution in [2.24, 2.45) is 0 Å². The van der Waals surface area contributed by atoms with Gasteiger partial charge in [0.15, 0.2) is 0 Å². The SMILES string of the molecule is O=C(/C=C/c1ccco1)Nc1ccc(N2CCCCC2)cc1. The van der Waals surface area contributed by atoms with E-state index in [9.17, 15) is 4.79 Å². The number of hydrogen-bond donors (Lipinski definition) is 1. The van der Waals surface area contributed by atoms with Crippen LogP contribution < -0.4 is 10.2 Å². The first-order chi connectivity index (χ1) is 10.8. The molecule has 0 saturated carbocycles. The van der Waals surface area contributed by atoms with Crippen molar-refractivity contribution in [2.75, 3.05) is 23.3 Å². The predicted octanol–water partition coefficient (Wildman–Crippen LogP) is 3.92. The summed E-state index contributed by atoms with van der Waals surface area (Å²) in [4.78, 5) is 14.2. The molecule has 1 saturated heterocycles. The Labute approximate surface area is 130 Å². The first-order valence-electron chi connectivity index (χ1n) is 7.69. The van der Waals surface area contributed by atoms with Crippen molar-refractivity contribution in [2.45, 2.75) is 19.3 Å². The molecule has 0 bridgehead atoms. The maximum absolute atomic E-state index is 11.8. The molecular formula is C18H20N2O2. The molecule has 1 aromatic heterocycles. The van der Waals surface area contributed by atoms with Gasteiger partial charge in [0.25, 0.3) is 0 Å². The molecule has 0 spiro atoms. The zero-order chi connectivity index (χ0) is 15.2. The van der Waals surface area contributed by atoms with Crippen LogP contribution in [0.15, 0.2) is 53.2 Å². The zero-order valence-electron chi connectivity index (χ0n) is 12.5. The van der Waals surface area contributed by atoms with E-state index in [0.29, 0.717) is 5.76 Å². The number of nitrogens with zero attached hydrogens (tertiary/aromatic N) is 1. The lowest BCUT2D eigenvalue weighted by Crippen LogP contribution is -2.29. The molecule has 4 heteroatoms. The number of hydrogen-bond acceptors (Lipinski definition) is 3. The average molecular weight is 296 g/mol. The quantitative estimate of drug-likeness (QED) is 0.870. The van der Waals surface area contributed by atoms with Gasteiger partial charge in [-0.15, -0.1) is 0 Å². The number of carbonyl (C=O) groups is 1. The van der Waals surface area contributed by atoms with Crippen molar-refractivity contribution < 1.29 is 9.21 Å². The predicted molar refractivity (Wildman–Crippen MR) is 88.9 cm³/mol. The molecule has 1 amide bonds. The molecule has 1 aromatic carbocycles. The van der Waals surface area contributed by atoms with E-state index in [1.807, 2.05) is 12.1 Å². The number of amides is 1. The highest BCUT2D eigenvalue weighted by molar-refractivity contribution is 6.01. The highest BCUT2D eigenvalue weighted by Gasteiger charge is 2.10. The third-order valence-corrected chi connectivity index (χ3v) is 3.80. The molecule has 2 heterocycles. The Bertz CT molecular complexity index is 624. The van der Waals surface area contributed by atoms with Crippen LogP contribution in [0, 0.1) is 0 Å². The molecule has 0 aliphatic carbocycles. The Hall–Kier alpha value is -2.49. The van der Waals surface area contributed by atoms with Gasteiger partial charge in [0, 0.05) is 30.5 Å². The normalized spacial score (nSPS) is 15.2. The largest absolute Gasteiger partial charge is 0.465 e. The number of piperidine rings is 1. The molecule has 1 aliphatic rings. The third kappa shape index (κ3) is 3.79. The maximum Gasteiger partial charge on any atom is 0.248 e. The Balaban J connectivity index is 1.57. The molecule has 4 nitrogen and oxygen atoms in total. The lowest BCUT2D eigenvalue weighted by molar-refractivity contribution is -0.111. The molecule has 0 unspecified atom stereocenters. The second-order valence-electron chi connectivity index (χ2n) is 5.43. The third-order valence-electron chi connectivity index (χ3n) is 3.80. The fraction of sp³-hybridized carbons (Fsp3) is 0.278. The molecule has 0 atom stereocenters. The summed E-state index contributed by atoms with van der Waals surface area (Å²) >= 11 is 0. The summed E-state index contributed by atoms with van der Waals surface area (Å²) in [5, 5.41) is 2.85. The minimum atomic E-state index is -0.165. The van der Waals surface area contributed by atoms with Crippen LogP contribution in [0.25, 0.3) is 6.08 Å². The molecule has 22 heavy (non-hydrogen) atoms. The van der Waals surface area contributed by atoms with Crippen molar-refractivity contribution in [1.82, 2.24) is 0 Å². The fourth-order valence-corrected chi connectivity index (χ4v) is 2.64. The van der Waals surface area contributed by atoms with Gasteiger partial charge >= 0.3 is 0 Å². The molecule has 114 valence electrons. The van der Waals surface area contributed by atoms with E-state index < -0.39 is 0 Å². The minimum absolute atomic E-state index is 0.165. The van der Waals surface area contributed by atoms with Crippen molar-refractivity contribution >= 4 is 23.4 Å². The van der Waals surface area contributed by atoms with Gasteiger partial charge in [0.1, 0.15) is 5.76 Å². The summed E-state index contributed by atoms with van der Waals surface area (Å²) < 4.78 is 5.14. The van der Waals surface area contributed by atoms with Crippen LogP contribution in [0.3, 0.4) is 0 Å². The maximum atomic E-state index is 11.8. The van der Waals surface area contributed by atoms with Gasteiger partial charge in [0.2, 0.25) is 5.91 Å². The molecular weight excluding hydrogens is 276 g/mol. The smallest absolute Gasteiger partial charge is 0.248 e. The van der Waals surface area contributed by atoms with E-state index in [2.05, 4.69) is 22.3 Å². The van der Waals surface area contributed by atoms with Crippen LogP contribution in [-0.2, 0) is 4.79 Å². The van der Waals surface area contributed by atoms with Gasteiger partial charge in [-0.05, 0) is 61.7 Å². The molecule has 1 fully saturated rings. The number of rotatable bonds is 4. The first kappa shape index (κ1) is 14.4. The second-order valence-corrected chi connectivity index (χ2v) is 5.43. The van der Waals surface area contributed by atoms with Gasteiger partial charge in [-0.2, -0.15) is 0 Å². The summed E-state index contributed by atoms with van der Waals surface area (Å²) in [6.45, 7) is 2.25. The van der Waals surface area contributed by atoms with Crippen LogP contribution in [-0.4, -0.2) is 19.0 Å². The molecule has 2 aromatic rings. The topological polar surface area (TPSA) is 45.5 Å². The summed E-state index contributed by atoms with van der Waals surface area (Å²) in [7, 11) is 0. The zero-order valence-corrected chi connectivity index (χ0v) is 12.5. The standard InChI is InChI=1S/C18H20N2O2/c21-18(11-10-17-5-4-14-22-17)19-15-6-8-16(9-7-15)20-12-2-1-3-13-20/h4-11,14H,1-3,12-13H2,(H,19,21)/b11-10+. The Morgan fingerprint density at radius 3 is 2.55 bits per heavy atom. The summed E-state index contributed by atoms with van der Waals surface area (Å²) in [5.41, 5.74) is 2.03. The molecule has 1 N–H and O–H groups in total. The van der Waals surface area contributed by atoms with E-state index in [1.165, 1.54) is 31.0 Å². The second kappa shape index (κ2) is 6.98. The van der Waals surface area contributed by atoms with Crippen LogP contribution in [0.2, 0.25) is 0 Å². The van der Waals surface area contributed by atoms with Crippen molar-refractivity contribution in [1.29, 1.82) is 0 Å². The number of nitrogens with one attached hydrogen (secondary N) is 1. The monoisotopic (exact) mass is 296 g/mol. The minimum Gasteiger partial charge on any atom is -0.465 e. The Morgan fingerprint density at radius 2 is 1.86 bits per heavy atom. The van der Waals surface area contributed by atoms with Gasteiger partial charge in [-0.3, -0.25) is 4.79 Å². The van der Waals surface area contributed by atoms with Gasteiger partial charge in [-0.1, -0.05) is 0 Å². The summed E-state index contributed by atoms with van der Waals surface area (Å²) in [6, 6.07) is 11.6. The number of furan rings is 1. The first-order valence-corrected chi connectivity index (χ1v) is 7.69. The van der Waals surface area contributed by atoms with E-state index in [4.69, 9.17) is 4.42 Å². The van der Waals surface area contributed by atoms with Gasteiger partial charge in [0.05, 0.1) is 6.26 Å². The van der Waals surface area contributed by atoms with Crippen LogP contribution >= 0.6 is 0 Å². The highest BCUT2D eigenvalue weighted by Crippen LogP contribution is 2.21. The van der Waals surface area contributed by atoms with Gasteiger partial charge < -0.3 is 14.6 Å². The lowest BCUT2D eigenvalue weighted by Gasteiger charge is -2.28. The van der Waals surface area contributed by atoms with Crippen LogP contribution in [0.5, 0.6) is 0 Å². The van der Waals surface area contributed by atoms with Crippen LogP contribution in [0.4, 0.5) is 11.4 Å². The van der Waals surface area contributed by atoms with E-state index in [-0.39, 0.29) is 5.91 Å². The average Bonchev–Trinajstić information content (AvgIpc) is 3.08. The van der Waals surface area contributed by atoms with E-state index in [0.717, 1.165) is 18.8 Å². The van der Waals surface area contributed by atoms with Gasteiger partial charge in [-0.25, -0.2) is 0 Å². The van der Waals surface area contributed by atoms with E-state index >= 15 is 0 Å². The molecule has 3 rings (SSSR count). The summed E-state index contributed by atoms with van der Waals surface area (Å²) in [5.74, 6) is 0.498. The van der Waals surface area contributed by atoms with Crippen molar-refractivity contribution in [3.05, 3.63) is 54.5 Å². The number of anilines is 2. The van der Waals surface area contributed by atoms with E-state index in [1.54, 1.807) is 24.5 Å². The fourth-order valence-electron chi connectivity index (χ4n) is 2.64. The highest BCUT2D eigenvalue weighted by atomic mass is 16.3. The van der Waals surface area contributed by atoms with Crippen molar-refractivity contribution in [3.63, 3.8) is 0 Å². The Kier molecular flexibility index (Phi) is 4.59. The molecule has 1 aliphatic heterocycles. The Morgan fingerprint density at radius 1 is 1.09 bits per heavy atom. The van der Waals surface area contributed by atoms with Crippen LogP contribution in [0.1, 0.15) is 25.0 Å².